The van der Waals surface area contributed by atoms with Crippen LogP contribution in [0.15, 0.2) is 67.3 Å². The molecule has 0 spiro atoms. The van der Waals surface area contributed by atoms with Crippen molar-refractivity contribution < 1.29 is 4.74 Å². The van der Waals surface area contributed by atoms with Crippen molar-refractivity contribution in [2.24, 2.45) is 0 Å². The summed E-state index contributed by atoms with van der Waals surface area (Å²) in [6.45, 7) is 4.83. The molecule has 0 atom stereocenters. The zero-order chi connectivity index (χ0) is 21.5. The normalized spacial score (nSPS) is 11.3. The maximum absolute atomic E-state index is 6.08. The minimum absolute atomic E-state index is 0.681. The van der Waals surface area contributed by atoms with E-state index >= 15 is 0 Å². The highest BCUT2D eigenvalue weighted by molar-refractivity contribution is 5.65. The van der Waals surface area contributed by atoms with Gasteiger partial charge in [0, 0.05) is 29.2 Å². The Morgan fingerprint density at radius 3 is 2.55 bits per heavy atom. The summed E-state index contributed by atoms with van der Waals surface area (Å²) in [6, 6.07) is 14.0. The first-order valence-corrected chi connectivity index (χ1v) is 10.1. The Bertz CT molecular complexity index is 1370. The van der Waals surface area contributed by atoms with Crippen LogP contribution in [-0.2, 0) is 6.54 Å². The molecule has 0 bridgehead atoms. The Balaban J connectivity index is 1.55. The molecule has 5 aromatic rings. The van der Waals surface area contributed by atoms with Gasteiger partial charge in [-0.25, -0.2) is 9.50 Å². The van der Waals surface area contributed by atoms with Crippen LogP contribution >= 0.6 is 0 Å². The molecule has 3 heterocycles. The summed E-state index contributed by atoms with van der Waals surface area (Å²) in [5.41, 5.74) is 14.1. The van der Waals surface area contributed by atoms with Crippen molar-refractivity contribution in [3.8, 4) is 22.7 Å². The fourth-order valence-corrected chi connectivity index (χ4v) is 3.88. The lowest BCUT2D eigenvalue weighted by molar-refractivity contribution is 0.414. The average Bonchev–Trinajstić information content (AvgIpc) is 3.48. The smallest absolute Gasteiger partial charge is 0.156 e. The fraction of sp³-hybridized carbons (Fsp3) is 0.167. The first kappa shape index (κ1) is 19.0. The van der Waals surface area contributed by atoms with Crippen LogP contribution in [-0.4, -0.2) is 31.1 Å². The van der Waals surface area contributed by atoms with Crippen LogP contribution in [0.2, 0.25) is 0 Å². The van der Waals surface area contributed by atoms with Gasteiger partial charge in [0.15, 0.2) is 5.65 Å². The number of imidazole rings is 1. The molecule has 156 valence electrons. The van der Waals surface area contributed by atoms with Gasteiger partial charge in [-0.3, -0.25) is 9.36 Å². The van der Waals surface area contributed by atoms with E-state index in [1.54, 1.807) is 7.11 Å². The van der Waals surface area contributed by atoms with Gasteiger partial charge < -0.3 is 10.5 Å². The summed E-state index contributed by atoms with van der Waals surface area (Å²) in [4.78, 5) is 4.67. The molecule has 0 radical (unpaired) electrons. The van der Waals surface area contributed by atoms with Crippen LogP contribution in [0.3, 0.4) is 0 Å². The number of hydrogen-bond donors (Lipinski definition) is 1. The lowest BCUT2D eigenvalue weighted by atomic mass is 10.2. The number of rotatable bonds is 5. The van der Waals surface area contributed by atoms with Gasteiger partial charge in [-0.1, -0.05) is 18.2 Å². The highest BCUT2D eigenvalue weighted by Gasteiger charge is 2.16. The minimum Gasteiger partial charge on any atom is -0.497 e. The second-order valence-electron chi connectivity index (χ2n) is 7.76. The molecule has 0 amide bonds. The van der Waals surface area contributed by atoms with Gasteiger partial charge in [-0.15, -0.1) is 0 Å². The van der Waals surface area contributed by atoms with Crippen molar-refractivity contribution in [3.05, 3.63) is 83.9 Å². The van der Waals surface area contributed by atoms with Crippen molar-refractivity contribution in [1.29, 1.82) is 0 Å². The van der Waals surface area contributed by atoms with Crippen LogP contribution < -0.4 is 10.5 Å². The van der Waals surface area contributed by atoms with Crippen LogP contribution in [0.1, 0.15) is 16.7 Å². The van der Waals surface area contributed by atoms with Gasteiger partial charge in [0.2, 0.25) is 0 Å². The molecule has 0 fully saturated rings. The number of nitrogens with two attached hydrogens (primary N) is 1. The van der Waals surface area contributed by atoms with Crippen molar-refractivity contribution >= 4 is 11.3 Å². The third-order valence-electron chi connectivity index (χ3n) is 5.53. The predicted octanol–water partition coefficient (Wildman–Crippen LogP) is 4.24. The molecular weight excluding hydrogens is 388 g/mol. The number of aromatic nitrogens is 5. The van der Waals surface area contributed by atoms with Crippen molar-refractivity contribution in [2.75, 3.05) is 12.8 Å². The Kier molecular flexibility index (Phi) is 4.51. The molecule has 0 aliphatic heterocycles. The molecule has 5 rings (SSSR count). The van der Waals surface area contributed by atoms with E-state index in [9.17, 15) is 0 Å². The summed E-state index contributed by atoms with van der Waals surface area (Å²) in [5.74, 6) is 0.847. The van der Waals surface area contributed by atoms with Gasteiger partial charge in [0.05, 0.1) is 37.4 Å². The number of methoxy groups -OCH3 is 1. The van der Waals surface area contributed by atoms with E-state index < -0.39 is 0 Å². The van der Waals surface area contributed by atoms with E-state index in [1.807, 2.05) is 65.7 Å². The Morgan fingerprint density at radius 1 is 0.968 bits per heavy atom. The number of aryl methyl sites for hydroxylation is 2. The summed E-state index contributed by atoms with van der Waals surface area (Å²) in [5, 5.41) is 4.57. The Hall–Kier alpha value is -4.00. The Labute approximate surface area is 180 Å². The van der Waals surface area contributed by atoms with Crippen LogP contribution in [0.25, 0.3) is 22.6 Å². The highest BCUT2D eigenvalue weighted by Crippen LogP contribution is 2.27. The number of hydrogen-bond acceptors (Lipinski definition) is 4. The lowest BCUT2D eigenvalue weighted by Crippen LogP contribution is -2.05. The summed E-state index contributed by atoms with van der Waals surface area (Å²) >= 11 is 0. The molecule has 0 saturated heterocycles. The monoisotopic (exact) mass is 412 g/mol. The number of benzene rings is 2. The molecule has 2 N–H and O–H groups in total. The van der Waals surface area contributed by atoms with E-state index in [1.165, 1.54) is 0 Å². The fourth-order valence-electron chi connectivity index (χ4n) is 3.88. The largest absolute Gasteiger partial charge is 0.497 e. The highest BCUT2D eigenvalue weighted by atomic mass is 16.5. The average molecular weight is 412 g/mol. The van der Waals surface area contributed by atoms with Crippen molar-refractivity contribution in [3.63, 3.8) is 0 Å². The first-order chi connectivity index (χ1) is 15.0. The van der Waals surface area contributed by atoms with Crippen LogP contribution in [0, 0.1) is 13.8 Å². The number of nitrogens with zero attached hydrogens (tertiary/aromatic N) is 5. The summed E-state index contributed by atoms with van der Waals surface area (Å²) in [6.07, 6.45) is 7.92. The topological polar surface area (TPSA) is 75.3 Å². The third kappa shape index (κ3) is 3.34. The molecule has 0 saturated carbocycles. The first-order valence-electron chi connectivity index (χ1n) is 10.1. The van der Waals surface area contributed by atoms with Crippen molar-refractivity contribution in [1.82, 2.24) is 24.0 Å². The second-order valence-corrected chi connectivity index (χ2v) is 7.76. The lowest BCUT2D eigenvalue weighted by Gasteiger charge is -2.11. The summed E-state index contributed by atoms with van der Waals surface area (Å²) < 4.78 is 11.4. The molecule has 7 nitrogen and oxygen atoms in total. The molecule has 3 aromatic heterocycles. The zero-order valence-corrected chi connectivity index (χ0v) is 17.8. The van der Waals surface area contributed by atoms with E-state index in [-0.39, 0.29) is 0 Å². The van der Waals surface area contributed by atoms with E-state index in [0.29, 0.717) is 6.54 Å². The second kappa shape index (κ2) is 7.36. The van der Waals surface area contributed by atoms with Crippen LogP contribution in [0.5, 0.6) is 5.75 Å². The number of fused-ring (bicyclic) bond motifs is 1. The number of nitrogen functional groups attached to an aromatic ring is 1. The predicted molar refractivity (Wildman–Crippen MR) is 122 cm³/mol. The maximum atomic E-state index is 6.08. The quantitative estimate of drug-likeness (QED) is 0.438. The maximum Gasteiger partial charge on any atom is 0.156 e. The number of anilines is 1. The number of ether oxygens (including phenoxy) is 1. The van der Waals surface area contributed by atoms with Gasteiger partial charge in [0.1, 0.15) is 5.75 Å². The molecule has 2 aromatic carbocycles. The van der Waals surface area contributed by atoms with Crippen molar-refractivity contribution in [2.45, 2.75) is 20.4 Å². The molecule has 31 heavy (non-hydrogen) atoms. The Morgan fingerprint density at radius 2 is 1.77 bits per heavy atom. The van der Waals surface area contributed by atoms with E-state index in [2.05, 4.69) is 39.3 Å². The minimum atomic E-state index is 0.681. The third-order valence-corrected chi connectivity index (χ3v) is 5.53. The molecule has 7 heteroatoms. The van der Waals surface area contributed by atoms with E-state index in [4.69, 9.17) is 10.5 Å². The molecular formula is C24H24N6O. The van der Waals surface area contributed by atoms with Gasteiger partial charge >= 0.3 is 0 Å². The van der Waals surface area contributed by atoms with Gasteiger partial charge in [-0.2, -0.15) is 5.10 Å². The molecule has 0 unspecified atom stereocenters. The van der Waals surface area contributed by atoms with Crippen LogP contribution in [0.4, 0.5) is 5.69 Å². The van der Waals surface area contributed by atoms with Gasteiger partial charge in [-0.05, 0) is 49.2 Å². The zero-order valence-electron chi connectivity index (χ0n) is 17.8. The SMILES string of the molecule is COc1ccc(Cn2cc(-c3cnc4c(C)cn(-c5cc(N)ccc5C)n34)cn2)cc1. The van der Waals surface area contributed by atoms with E-state index in [0.717, 1.165) is 50.7 Å². The summed E-state index contributed by atoms with van der Waals surface area (Å²) in [7, 11) is 1.67. The molecule has 0 aliphatic rings. The standard InChI is InChI=1S/C24H24N6O/c1-16-4-7-20(25)10-22(16)29-13-17(2)24-26-12-23(30(24)29)19-11-27-28(15-19)14-18-5-8-21(31-3)9-6-18/h4-13,15H,14,25H2,1-3H3. The van der Waals surface area contributed by atoms with Gasteiger partial charge in [0.25, 0.3) is 0 Å². The molecule has 0 aliphatic carbocycles.